The molecule has 0 fully saturated rings. The van der Waals surface area contributed by atoms with Crippen molar-refractivity contribution in [3.05, 3.63) is 52.7 Å². The van der Waals surface area contributed by atoms with Crippen LogP contribution in [0.5, 0.6) is 0 Å². The van der Waals surface area contributed by atoms with Gasteiger partial charge in [0.15, 0.2) is 0 Å². The summed E-state index contributed by atoms with van der Waals surface area (Å²) >= 11 is 6.03. The topological polar surface area (TPSA) is 48.7 Å². The van der Waals surface area contributed by atoms with Crippen LogP contribution in [-0.4, -0.2) is 4.98 Å². The van der Waals surface area contributed by atoms with Gasteiger partial charge in [-0.1, -0.05) is 23.7 Å². The summed E-state index contributed by atoms with van der Waals surface area (Å²) in [6, 6.07) is 12.9. The molecule has 17 heavy (non-hydrogen) atoms. The number of nitriles is 1. The maximum Gasteiger partial charge on any atom is 0.131 e. The van der Waals surface area contributed by atoms with Gasteiger partial charge in [0.25, 0.3) is 0 Å². The lowest BCUT2D eigenvalue weighted by atomic mass is 10.2. The Kier molecular flexibility index (Phi) is 3.27. The molecule has 1 N–H and O–H groups in total. The first-order valence-electron chi connectivity index (χ1n) is 5.09. The second kappa shape index (κ2) is 4.86. The summed E-state index contributed by atoms with van der Waals surface area (Å²) in [4.78, 5) is 4.30. The fourth-order valence-corrected chi connectivity index (χ4v) is 1.68. The highest BCUT2D eigenvalue weighted by molar-refractivity contribution is 6.33. The first-order valence-corrected chi connectivity index (χ1v) is 5.47. The zero-order valence-corrected chi connectivity index (χ0v) is 9.99. The van der Waals surface area contributed by atoms with Crippen LogP contribution in [0.2, 0.25) is 5.02 Å². The minimum atomic E-state index is 0.576. The second-order valence-corrected chi connectivity index (χ2v) is 4.01. The van der Waals surface area contributed by atoms with Crippen molar-refractivity contribution in [1.82, 2.24) is 4.98 Å². The maximum atomic E-state index is 8.88. The van der Waals surface area contributed by atoms with Gasteiger partial charge >= 0.3 is 0 Å². The Balaban J connectivity index is 2.34. The highest BCUT2D eigenvalue weighted by atomic mass is 35.5. The Bertz CT molecular complexity index is 587. The van der Waals surface area contributed by atoms with Crippen molar-refractivity contribution in [2.45, 2.75) is 6.92 Å². The van der Waals surface area contributed by atoms with Gasteiger partial charge in [-0.15, -0.1) is 0 Å². The van der Waals surface area contributed by atoms with E-state index in [4.69, 9.17) is 16.9 Å². The number of aryl methyl sites for hydroxylation is 1. The molecule has 3 nitrogen and oxygen atoms in total. The van der Waals surface area contributed by atoms with E-state index in [9.17, 15) is 0 Å². The van der Waals surface area contributed by atoms with E-state index in [-0.39, 0.29) is 0 Å². The molecule has 4 heteroatoms. The van der Waals surface area contributed by atoms with E-state index >= 15 is 0 Å². The van der Waals surface area contributed by atoms with Gasteiger partial charge in [-0.25, -0.2) is 4.98 Å². The van der Waals surface area contributed by atoms with Crippen molar-refractivity contribution in [2.75, 3.05) is 5.32 Å². The van der Waals surface area contributed by atoms with E-state index in [0.29, 0.717) is 16.4 Å². The lowest BCUT2D eigenvalue weighted by Crippen LogP contribution is -1.96. The largest absolute Gasteiger partial charge is 0.339 e. The quantitative estimate of drug-likeness (QED) is 0.876. The molecule has 1 aromatic carbocycles. The fourth-order valence-electron chi connectivity index (χ4n) is 1.50. The molecule has 0 amide bonds. The van der Waals surface area contributed by atoms with Gasteiger partial charge in [-0.3, -0.25) is 0 Å². The SMILES string of the molecule is Cc1cc(C#N)cc(Nc2ccccc2Cl)n1. The van der Waals surface area contributed by atoms with Crippen LogP contribution >= 0.6 is 11.6 Å². The molecule has 1 aromatic heterocycles. The molecule has 2 rings (SSSR count). The van der Waals surface area contributed by atoms with E-state index in [1.54, 1.807) is 18.2 Å². The number of benzene rings is 1. The fraction of sp³-hybridized carbons (Fsp3) is 0.0769. The standard InChI is InChI=1S/C13H10ClN3/c1-9-6-10(8-15)7-13(16-9)17-12-5-3-2-4-11(12)14/h2-7H,1H3,(H,16,17). The Morgan fingerprint density at radius 2 is 2.06 bits per heavy atom. The van der Waals surface area contributed by atoms with E-state index in [1.807, 2.05) is 25.1 Å². The molecular formula is C13H10ClN3. The van der Waals surface area contributed by atoms with Crippen LogP contribution in [0.25, 0.3) is 0 Å². The van der Waals surface area contributed by atoms with Crippen molar-refractivity contribution in [3.63, 3.8) is 0 Å². The van der Waals surface area contributed by atoms with Crippen LogP contribution in [-0.2, 0) is 0 Å². The number of anilines is 2. The average Bonchev–Trinajstić information content (AvgIpc) is 2.31. The number of nitrogens with one attached hydrogen (secondary N) is 1. The van der Waals surface area contributed by atoms with Crippen LogP contribution < -0.4 is 5.32 Å². The van der Waals surface area contributed by atoms with E-state index in [1.165, 1.54) is 0 Å². The van der Waals surface area contributed by atoms with Crippen LogP contribution in [0.3, 0.4) is 0 Å². The Morgan fingerprint density at radius 3 is 2.76 bits per heavy atom. The average molecular weight is 244 g/mol. The number of para-hydroxylation sites is 1. The van der Waals surface area contributed by atoms with Crippen LogP contribution in [0, 0.1) is 18.3 Å². The number of aromatic nitrogens is 1. The minimum absolute atomic E-state index is 0.576. The maximum absolute atomic E-state index is 8.88. The molecule has 0 atom stereocenters. The Hall–Kier alpha value is -2.05. The van der Waals surface area contributed by atoms with Crippen molar-refractivity contribution >= 4 is 23.1 Å². The van der Waals surface area contributed by atoms with Crippen molar-refractivity contribution < 1.29 is 0 Å². The zero-order chi connectivity index (χ0) is 12.3. The normalized spacial score (nSPS) is 9.71. The summed E-state index contributed by atoms with van der Waals surface area (Å²) in [6.07, 6.45) is 0. The summed E-state index contributed by atoms with van der Waals surface area (Å²) in [6.45, 7) is 1.85. The third kappa shape index (κ3) is 2.74. The first kappa shape index (κ1) is 11.4. The second-order valence-electron chi connectivity index (χ2n) is 3.60. The molecule has 0 saturated heterocycles. The van der Waals surface area contributed by atoms with Crippen molar-refractivity contribution in [1.29, 1.82) is 5.26 Å². The molecule has 0 spiro atoms. The smallest absolute Gasteiger partial charge is 0.131 e. The summed E-state index contributed by atoms with van der Waals surface area (Å²) in [5.41, 5.74) is 2.14. The van der Waals surface area contributed by atoms with Gasteiger partial charge in [-0.2, -0.15) is 5.26 Å². The molecule has 0 aliphatic carbocycles. The van der Waals surface area contributed by atoms with Crippen molar-refractivity contribution in [2.24, 2.45) is 0 Å². The molecular weight excluding hydrogens is 234 g/mol. The van der Waals surface area contributed by atoms with E-state index in [0.717, 1.165) is 11.4 Å². The predicted molar refractivity (Wildman–Crippen MR) is 68.4 cm³/mol. The number of nitrogens with zero attached hydrogens (tertiary/aromatic N) is 2. The van der Waals surface area contributed by atoms with Gasteiger partial charge in [0.1, 0.15) is 5.82 Å². The van der Waals surface area contributed by atoms with Gasteiger partial charge in [0, 0.05) is 5.69 Å². The zero-order valence-electron chi connectivity index (χ0n) is 9.24. The third-order valence-electron chi connectivity index (χ3n) is 2.22. The van der Waals surface area contributed by atoms with Crippen LogP contribution in [0.4, 0.5) is 11.5 Å². The van der Waals surface area contributed by atoms with Crippen LogP contribution in [0.1, 0.15) is 11.3 Å². The van der Waals surface area contributed by atoms with E-state index in [2.05, 4.69) is 16.4 Å². The van der Waals surface area contributed by atoms with Gasteiger partial charge < -0.3 is 5.32 Å². The van der Waals surface area contributed by atoms with Gasteiger partial charge in [0.2, 0.25) is 0 Å². The molecule has 1 heterocycles. The predicted octanol–water partition coefficient (Wildman–Crippen LogP) is 3.66. The summed E-state index contributed by atoms with van der Waals surface area (Å²) < 4.78 is 0. The van der Waals surface area contributed by atoms with E-state index < -0.39 is 0 Å². The Morgan fingerprint density at radius 1 is 1.29 bits per heavy atom. The number of hydrogen-bond acceptors (Lipinski definition) is 3. The van der Waals surface area contributed by atoms with Gasteiger partial charge in [0.05, 0.1) is 22.3 Å². The minimum Gasteiger partial charge on any atom is -0.339 e. The summed E-state index contributed by atoms with van der Waals surface area (Å²) in [5.74, 6) is 0.620. The highest BCUT2D eigenvalue weighted by Crippen LogP contribution is 2.24. The molecule has 2 aromatic rings. The summed E-state index contributed by atoms with van der Waals surface area (Å²) in [5, 5.41) is 12.6. The lowest BCUT2D eigenvalue weighted by Gasteiger charge is -2.08. The highest BCUT2D eigenvalue weighted by Gasteiger charge is 2.02. The molecule has 0 saturated carbocycles. The molecule has 0 aliphatic rings. The number of pyridine rings is 1. The number of rotatable bonds is 2. The Labute approximate surface area is 105 Å². The third-order valence-corrected chi connectivity index (χ3v) is 2.55. The lowest BCUT2D eigenvalue weighted by molar-refractivity contribution is 1.19. The number of hydrogen-bond donors (Lipinski definition) is 1. The molecule has 84 valence electrons. The molecule has 0 radical (unpaired) electrons. The molecule has 0 bridgehead atoms. The molecule has 0 aliphatic heterocycles. The monoisotopic (exact) mass is 243 g/mol. The summed E-state index contributed by atoms with van der Waals surface area (Å²) in [7, 11) is 0. The van der Waals surface area contributed by atoms with Crippen LogP contribution in [0.15, 0.2) is 36.4 Å². The first-order chi connectivity index (χ1) is 8.19. The molecule has 0 unspecified atom stereocenters. The number of halogens is 1. The van der Waals surface area contributed by atoms with Gasteiger partial charge in [-0.05, 0) is 31.2 Å². The van der Waals surface area contributed by atoms with Crippen molar-refractivity contribution in [3.8, 4) is 6.07 Å².